The van der Waals surface area contributed by atoms with Gasteiger partial charge >= 0.3 is 5.97 Å². The van der Waals surface area contributed by atoms with Crippen LogP contribution in [-0.4, -0.2) is 32.3 Å². The third kappa shape index (κ3) is 2.60. The minimum Gasteiger partial charge on any atom is -0.479 e. The summed E-state index contributed by atoms with van der Waals surface area (Å²) >= 11 is 0. The van der Waals surface area contributed by atoms with Crippen molar-refractivity contribution in [1.82, 2.24) is 0 Å². The molecule has 1 rings (SSSR count). The number of nitrogens with zero attached hydrogens (tertiary/aromatic N) is 2. The number of carboxylic acids is 1. The zero-order valence-corrected chi connectivity index (χ0v) is 8.85. The summed E-state index contributed by atoms with van der Waals surface area (Å²) in [7, 11) is 0. The first-order valence-electron chi connectivity index (χ1n) is 4.66. The van der Waals surface area contributed by atoms with Gasteiger partial charge in [0.2, 0.25) is 0 Å². The lowest BCUT2D eigenvalue weighted by molar-refractivity contribution is -0.384. The van der Waals surface area contributed by atoms with Gasteiger partial charge in [0.15, 0.2) is 6.10 Å². The fourth-order valence-electron chi connectivity index (χ4n) is 1.32. The summed E-state index contributed by atoms with van der Waals surface area (Å²) in [5.41, 5.74) is -0.817. The Kier molecular flexibility index (Phi) is 3.93. The van der Waals surface area contributed by atoms with E-state index in [0.29, 0.717) is 0 Å². The summed E-state index contributed by atoms with van der Waals surface area (Å²) in [6.07, 6.45) is -3.95. The molecule has 0 amide bonds. The molecule has 2 unspecified atom stereocenters. The number of hydrogen-bond donors (Lipinski definition) is 3. The van der Waals surface area contributed by atoms with E-state index in [9.17, 15) is 20.0 Å². The maximum Gasteiger partial charge on any atom is 0.335 e. The van der Waals surface area contributed by atoms with E-state index in [2.05, 4.69) is 0 Å². The molecular formula is C10H8N2O6. The van der Waals surface area contributed by atoms with Crippen molar-refractivity contribution < 1.29 is 25.0 Å². The maximum atomic E-state index is 10.5. The number of nitriles is 1. The zero-order chi connectivity index (χ0) is 13.9. The Bertz CT molecular complexity index is 536. The zero-order valence-electron chi connectivity index (χ0n) is 8.85. The minimum atomic E-state index is -2.11. The van der Waals surface area contributed by atoms with E-state index in [1.165, 1.54) is 0 Å². The van der Waals surface area contributed by atoms with Crippen molar-refractivity contribution in [1.29, 1.82) is 5.26 Å². The number of aliphatic hydroxyl groups is 2. The molecule has 0 spiro atoms. The molecule has 0 radical (unpaired) electrons. The molecule has 0 aromatic heterocycles. The highest BCUT2D eigenvalue weighted by atomic mass is 16.6. The Morgan fingerprint density at radius 1 is 1.44 bits per heavy atom. The van der Waals surface area contributed by atoms with E-state index in [0.717, 1.165) is 18.2 Å². The van der Waals surface area contributed by atoms with Gasteiger partial charge in [0.05, 0.1) is 16.6 Å². The Balaban J connectivity index is 3.22. The van der Waals surface area contributed by atoms with Gasteiger partial charge in [-0.2, -0.15) is 5.26 Å². The molecule has 0 aliphatic carbocycles. The number of carboxylic acid groups (broad SMARTS) is 1. The van der Waals surface area contributed by atoms with Crippen LogP contribution in [0.3, 0.4) is 0 Å². The number of hydrogen-bond acceptors (Lipinski definition) is 6. The van der Waals surface area contributed by atoms with Gasteiger partial charge in [-0.1, -0.05) is 0 Å². The van der Waals surface area contributed by atoms with Gasteiger partial charge in [-0.25, -0.2) is 4.79 Å². The summed E-state index contributed by atoms with van der Waals surface area (Å²) in [6.45, 7) is 0. The average Bonchev–Trinajstić information content (AvgIpc) is 2.35. The molecule has 8 nitrogen and oxygen atoms in total. The topological polar surface area (TPSA) is 145 Å². The minimum absolute atomic E-state index is 0.182. The number of benzene rings is 1. The molecule has 0 fully saturated rings. The molecule has 0 bridgehead atoms. The molecule has 94 valence electrons. The van der Waals surface area contributed by atoms with Gasteiger partial charge in [0.25, 0.3) is 5.69 Å². The Morgan fingerprint density at radius 2 is 2.06 bits per heavy atom. The van der Waals surface area contributed by atoms with Gasteiger partial charge in [-0.3, -0.25) is 10.1 Å². The van der Waals surface area contributed by atoms with Crippen LogP contribution in [0.1, 0.15) is 17.2 Å². The van der Waals surface area contributed by atoms with Crippen molar-refractivity contribution in [3.05, 3.63) is 39.4 Å². The van der Waals surface area contributed by atoms with Crippen LogP contribution in [-0.2, 0) is 4.79 Å². The Hall–Kier alpha value is -2.50. The SMILES string of the molecule is N#Cc1cc([N+](=O)[O-])ccc1C(O)C(O)C(=O)O. The van der Waals surface area contributed by atoms with Crippen molar-refractivity contribution >= 4 is 11.7 Å². The summed E-state index contributed by atoms with van der Waals surface area (Å²) in [5.74, 6) is -1.66. The molecule has 0 saturated heterocycles. The molecule has 8 heteroatoms. The fraction of sp³-hybridized carbons (Fsp3) is 0.200. The second-order valence-electron chi connectivity index (χ2n) is 3.37. The van der Waals surface area contributed by atoms with Crippen molar-refractivity contribution in [2.75, 3.05) is 0 Å². The molecule has 0 aliphatic rings. The first kappa shape index (κ1) is 13.6. The molecule has 3 N–H and O–H groups in total. The van der Waals surface area contributed by atoms with Crippen molar-refractivity contribution in [3.8, 4) is 6.07 Å². The van der Waals surface area contributed by atoms with Crippen LogP contribution in [0.25, 0.3) is 0 Å². The summed E-state index contributed by atoms with van der Waals surface area (Å²) in [6, 6.07) is 4.54. The summed E-state index contributed by atoms with van der Waals surface area (Å²) < 4.78 is 0. The van der Waals surface area contributed by atoms with Crippen LogP contribution in [0.5, 0.6) is 0 Å². The maximum absolute atomic E-state index is 10.5. The average molecular weight is 252 g/mol. The van der Waals surface area contributed by atoms with Crippen LogP contribution >= 0.6 is 0 Å². The van der Waals surface area contributed by atoms with E-state index < -0.39 is 23.1 Å². The first-order valence-corrected chi connectivity index (χ1v) is 4.66. The number of nitro benzene ring substituents is 1. The van der Waals surface area contributed by atoms with Crippen LogP contribution in [0, 0.1) is 21.4 Å². The van der Waals surface area contributed by atoms with E-state index in [-0.39, 0.29) is 16.8 Å². The largest absolute Gasteiger partial charge is 0.479 e. The lowest BCUT2D eigenvalue weighted by Gasteiger charge is -2.15. The van der Waals surface area contributed by atoms with E-state index in [1.807, 2.05) is 0 Å². The van der Waals surface area contributed by atoms with Crippen LogP contribution in [0.2, 0.25) is 0 Å². The van der Waals surface area contributed by atoms with E-state index >= 15 is 0 Å². The lowest BCUT2D eigenvalue weighted by atomic mass is 9.98. The van der Waals surface area contributed by atoms with Gasteiger partial charge < -0.3 is 15.3 Å². The van der Waals surface area contributed by atoms with Gasteiger partial charge in [-0.05, 0) is 6.07 Å². The van der Waals surface area contributed by atoms with Crippen molar-refractivity contribution in [3.63, 3.8) is 0 Å². The van der Waals surface area contributed by atoms with Gasteiger partial charge in [-0.15, -0.1) is 0 Å². The number of nitro groups is 1. The van der Waals surface area contributed by atoms with Gasteiger partial charge in [0.1, 0.15) is 6.10 Å². The van der Waals surface area contributed by atoms with Crippen LogP contribution in [0.4, 0.5) is 5.69 Å². The highest BCUT2D eigenvalue weighted by molar-refractivity contribution is 5.73. The lowest BCUT2D eigenvalue weighted by Crippen LogP contribution is -2.28. The number of aliphatic carboxylic acids is 1. The quantitative estimate of drug-likeness (QED) is 0.502. The molecule has 18 heavy (non-hydrogen) atoms. The molecule has 0 heterocycles. The normalized spacial score (nSPS) is 13.4. The predicted octanol–water partition coefficient (Wildman–Crippen LogP) is -0.0546. The molecular weight excluding hydrogens is 244 g/mol. The van der Waals surface area contributed by atoms with Crippen molar-refractivity contribution in [2.24, 2.45) is 0 Å². The second kappa shape index (κ2) is 5.22. The predicted molar refractivity (Wildman–Crippen MR) is 56.4 cm³/mol. The summed E-state index contributed by atoms with van der Waals surface area (Å²) in [5, 5.41) is 46.5. The number of rotatable bonds is 4. The third-order valence-electron chi connectivity index (χ3n) is 2.24. The van der Waals surface area contributed by atoms with Crippen molar-refractivity contribution in [2.45, 2.75) is 12.2 Å². The Morgan fingerprint density at radius 3 is 2.50 bits per heavy atom. The van der Waals surface area contributed by atoms with Gasteiger partial charge in [0, 0.05) is 17.7 Å². The number of aliphatic hydroxyl groups excluding tert-OH is 2. The molecule has 0 aliphatic heterocycles. The highest BCUT2D eigenvalue weighted by Gasteiger charge is 2.28. The number of carbonyl (C=O) groups is 1. The molecule has 1 aromatic rings. The molecule has 0 saturated carbocycles. The third-order valence-corrected chi connectivity index (χ3v) is 2.24. The van der Waals surface area contributed by atoms with E-state index in [4.69, 9.17) is 15.5 Å². The number of non-ortho nitro benzene ring substituents is 1. The summed E-state index contributed by atoms with van der Waals surface area (Å²) in [4.78, 5) is 20.2. The van der Waals surface area contributed by atoms with E-state index in [1.54, 1.807) is 6.07 Å². The first-order chi connectivity index (χ1) is 8.38. The Labute approximate surface area is 100 Å². The van der Waals surface area contributed by atoms with Crippen LogP contribution < -0.4 is 0 Å². The second-order valence-corrected chi connectivity index (χ2v) is 3.37. The monoisotopic (exact) mass is 252 g/mol. The standard InChI is InChI=1S/C10H8N2O6/c11-4-5-3-6(12(17)18)1-2-7(5)8(13)9(14)10(15)16/h1-3,8-9,13-14H,(H,15,16). The molecule has 2 atom stereocenters. The van der Waals surface area contributed by atoms with Crippen LogP contribution in [0.15, 0.2) is 18.2 Å². The highest BCUT2D eigenvalue weighted by Crippen LogP contribution is 2.24. The molecule has 1 aromatic carbocycles. The fourth-order valence-corrected chi connectivity index (χ4v) is 1.32. The smallest absolute Gasteiger partial charge is 0.335 e.